The molecule has 0 aliphatic heterocycles. The molecule has 3 heteroatoms. The minimum Gasteiger partial charge on any atom is -0.327 e. The summed E-state index contributed by atoms with van der Waals surface area (Å²) < 4.78 is 17.8. The molecular weight excluding hydrogens is 267 g/mol. The molecule has 1 rings (SSSR count). The second-order valence-corrected chi connectivity index (χ2v) is 6.65. The minimum absolute atomic E-state index is 0.531. The second-order valence-electron chi connectivity index (χ2n) is 5.20. The van der Waals surface area contributed by atoms with Crippen LogP contribution in [-0.4, -0.2) is 6.61 Å². The zero-order chi connectivity index (χ0) is 14.8. The molecule has 0 amide bonds. The number of allylic oxidation sites excluding steroid dienone is 1. The van der Waals surface area contributed by atoms with Crippen molar-refractivity contribution in [3.8, 4) is 0 Å². The van der Waals surface area contributed by atoms with Crippen LogP contribution >= 0.6 is 8.03 Å². The molecule has 0 aromatic heterocycles. The maximum absolute atomic E-state index is 12.2. The van der Waals surface area contributed by atoms with Gasteiger partial charge in [0.2, 0.25) is 8.03 Å². The van der Waals surface area contributed by atoms with E-state index in [4.69, 9.17) is 4.52 Å². The first-order valence-electron chi connectivity index (χ1n) is 7.58. The van der Waals surface area contributed by atoms with Crippen LogP contribution < -0.4 is 5.30 Å². The van der Waals surface area contributed by atoms with Gasteiger partial charge in [0.15, 0.2) is 0 Å². The molecule has 1 aromatic rings. The van der Waals surface area contributed by atoms with Crippen LogP contribution in [0.2, 0.25) is 0 Å². The van der Waals surface area contributed by atoms with E-state index in [2.05, 4.69) is 20.4 Å². The monoisotopic (exact) mass is 294 g/mol. The fourth-order valence-corrected chi connectivity index (χ4v) is 3.11. The molecule has 0 fully saturated rings. The lowest BCUT2D eigenvalue weighted by atomic mass is 10.0. The summed E-state index contributed by atoms with van der Waals surface area (Å²) in [5.41, 5.74) is 1.19. The molecule has 0 saturated carbocycles. The molecule has 112 valence electrons. The highest BCUT2D eigenvalue weighted by molar-refractivity contribution is 7.48. The van der Waals surface area contributed by atoms with E-state index in [0.717, 1.165) is 18.1 Å². The third-order valence-electron chi connectivity index (χ3n) is 3.56. The molecule has 2 unspecified atom stereocenters. The molecule has 0 radical (unpaired) electrons. The van der Waals surface area contributed by atoms with Gasteiger partial charge < -0.3 is 4.52 Å². The Morgan fingerprint density at radius 2 is 2.00 bits per heavy atom. The van der Waals surface area contributed by atoms with Crippen LogP contribution in [0.3, 0.4) is 0 Å². The number of hydrogen-bond donors (Lipinski definition) is 0. The van der Waals surface area contributed by atoms with Crippen molar-refractivity contribution in [1.29, 1.82) is 0 Å². The molecule has 0 heterocycles. The average Bonchev–Trinajstić information content (AvgIpc) is 2.48. The summed E-state index contributed by atoms with van der Waals surface area (Å²) in [6.07, 6.45) is 7.40. The maximum Gasteiger partial charge on any atom is 0.220 e. The standard InChI is InChI=1S/C17H27O2P/c1-4-7-9-15(6-3)14-19-20(18)17-12-10-16(8-5-2)11-13-17/h5,10-13,15,20H,2,4,6-9,14H2,1,3H3. The average molecular weight is 294 g/mol. The van der Waals surface area contributed by atoms with Gasteiger partial charge in [0.25, 0.3) is 0 Å². The van der Waals surface area contributed by atoms with Gasteiger partial charge in [-0.3, -0.25) is 4.57 Å². The molecule has 0 aliphatic carbocycles. The number of benzene rings is 1. The fraction of sp³-hybridized carbons (Fsp3) is 0.529. The van der Waals surface area contributed by atoms with Crippen molar-refractivity contribution in [3.63, 3.8) is 0 Å². The topological polar surface area (TPSA) is 26.3 Å². The quantitative estimate of drug-likeness (QED) is 0.460. The van der Waals surface area contributed by atoms with Gasteiger partial charge in [-0.2, -0.15) is 0 Å². The Hall–Kier alpha value is -0.850. The number of hydrogen-bond acceptors (Lipinski definition) is 2. The van der Waals surface area contributed by atoms with Crippen LogP contribution in [0, 0.1) is 5.92 Å². The summed E-state index contributed by atoms with van der Waals surface area (Å²) in [6.45, 7) is 8.70. The largest absolute Gasteiger partial charge is 0.327 e. The van der Waals surface area contributed by atoms with Crippen molar-refractivity contribution in [2.45, 2.75) is 46.0 Å². The van der Waals surface area contributed by atoms with Gasteiger partial charge in [-0.25, -0.2) is 0 Å². The van der Waals surface area contributed by atoms with E-state index < -0.39 is 8.03 Å². The summed E-state index contributed by atoms with van der Waals surface area (Å²) >= 11 is 0. The molecule has 2 nitrogen and oxygen atoms in total. The highest BCUT2D eigenvalue weighted by atomic mass is 31.1. The van der Waals surface area contributed by atoms with Crippen LogP contribution in [0.1, 0.15) is 45.1 Å². The van der Waals surface area contributed by atoms with Crippen LogP contribution in [0.4, 0.5) is 0 Å². The minimum atomic E-state index is -2.10. The normalized spacial score (nSPS) is 13.9. The van der Waals surface area contributed by atoms with Crippen LogP contribution in [0.5, 0.6) is 0 Å². The molecule has 0 N–H and O–H groups in total. The predicted molar refractivity (Wildman–Crippen MR) is 88.2 cm³/mol. The van der Waals surface area contributed by atoms with E-state index in [-0.39, 0.29) is 0 Å². The maximum atomic E-state index is 12.2. The SMILES string of the molecule is C=CCc1ccc([PH](=O)OCC(CC)CCCC)cc1. The highest BCUT2D eigenvalue weighted by Gasteiger charge is 2.10. The van der Waals surface area contributed by atoms with E-state index in [1.165, 1.54) is 24.8 Å². The Balaban J connectivity index is 2.46. The third kappa shape index (κ3) is 6.07. The Morgan fingerprint density at radius 3 is 2.55 bits per heavy atom. The molecular formula is C17H27O2P. The first-order chi connectivity index (χ1) is 9.71. The molecule has 0 saturated heterocycles. The van der Waals surface area contributed by atoms with Crippen LogP contribution in [0.25, 0.3) is 0 Å². The van der Waals surface area contributed by atoms with Gasteiger partial charge in [0.05, 0.1) is 6.61 Å². The summed E-state index contributed by atoms with van der Waals surface area (Å²) in [7, 11) is -2.10. The van der Waals surface area contributed by atoms with Gasteiger partial charge >= 0.3 is 0 Å². The number of unbranched alkanes of at least 4 members (excludes halogenated alkanes) is 1. The lowest BCUT2D eigenvalue weighted by molar-refractivity contribution is 0.247. The molecule has 0 aliphatic rings. The first kappa shape index (κ1) is 17.2. The van der Waals surface area contributed by atoms with Crippen LogP contribution in [-0.2, 0) is 15.5 Å². The van der Waals surface area contributed by atoms with Gasteiger partial charge in [0, 0.05) is 5.30 Å². The van der Waals surface area contributed by atoms with Crippen molar-refractivity contribution < 1.29 is 9.09 Å². The van der Waals surface area contributed by atoms with Crippen LogP contribution in [0.15, 0.2) is 36.9 Å². The number of rotatable bonds is 10. The Bertz CT molecular complexity index is 412. The lowest BCUT2D eigenvalue weighted by Gasteiger charge is -2.14. The van der Waals surface area contributed by atoms with Gasteiger partial charge in [-0.15, -0.1) is 6.58 Å². The molecule has 20 heavy (non-hydrogen) atoms. The summed E-state index contributed by atoms with van der Waals surface area (Å²) in [5, 5.41) is 0.813. The van der Waals surface area contributed by atoms with Gasteiger partial charge in [0.1, 0.15) is 0 Å². The Kier molecular flexibility index (Phi) is 8.57. The van der Waals surface area contributed by atoms with Crippen molar-refractivity contribution in [2.24, 2.45) is 5.92 Å². The summed E-state index contributed by atoms with van der Waals surface area (Å²) in [5.74, 6) is 0.531. The molecule has 1 aromatic carbocycles. The van der Waals surface area contributed by atoms with Crippen molar-refractivity contribution >= 4 is 13.3 Å². The predicted octanol–water partition coefficient (Wildman–Crippen LogP) is 4.75. The van der Waals surface area contributed by atoms with E-state index in [1.54, 1.807) is 0 Å². The van der Waals surface area contributed by atoms with E-state index >= 15 is 0 Å². The molecule has 0 spiro atoms. The van der Waals surface area contributed by atoms with Crippen molar-refractivity contribution in [1.82, 2.24) is 0 Å². The summed E-state index contributed by atoms with van der Waals surface area (Å²) in [6, 6.07) is 7.81. The zero-order valence-electron chi connectivity index (χ0n) is 12.7. The van der Waals surface area contributed by atoms with E-state index in [1.807, 2.05) is 30.3 Å². The van der Waals surface area contributed by atoms with Gasteiger partial charge in [-0.1, -0.05) is 51.3 Å². The highest BCUT2D eigenvalue weighted by Crippen LogP contribution is 2.25. The first-order valence-corrected chi connectivity index (χ1v) is 8.89. The fourth-order valence-electron chi connectivity index (χ4n) is 2.12. The molecule has 0 bridgehead atoms. The van der Waals surface area contributed by atoms with Crippen molar-refractivity contribution in [3.05, 3.63) is 42.5 Å². The second kappa shape index (κ2) is 9.96. The third-order valence-corrected chi connectivity index (χ3v) is 4.80. The van der Waals surface area contributed by atoms with Crippen molar-refractivity contribution in [2.75, 3.05) is 6.61 Å². The lowest BCUT2D eigenvalue weighted by Crippen LogP contribution is -2.08. The zero-order valence-corrected chi connectivity index (χ0v) is 13.7. The smallest absolute Gasteiger partial charge is 0.220 e. The summed E-state index contributed by atoms with van der Waals surface area (Å²) in [4.78, 5) is 0. The van der Waals surface area contributed by atoms with E-state index in [0.29, 0.717) is 12.5 Å². The van der Waals surface area contributed by atoms with Gasteiger partial charge in [-0.05, 0) is 36.5 Å². The molecule has 2 atom stereocenters. The Morgan fingerprint density at radius 1 is 1.30 bits per heavy atom. The van der Waals surface area contributed by atoms with E-state index in [9.17, 15) is 4.57 Å². The Labute approximate surface area is 124 Å².